The summed E-state index contributed by atoms with van der Waals surface area (Å²) in [4.78, 5) is 11.8. The van der Waals surface area contributed by atoms with E-state index in [1.54, 1.807) is 18.2 Å². The number of ether oxygens (including phenoxy) is 1. The predicted octanol–water partition coefficient (Wildman–Crippen LogP) is 1.97. The number of hydrogen-bond donors (Lipinski definition) is 1. The number of carbonyl (C=O) groups is 1. The molecule has 1 aromatic rings. The number of benzene rings is 1. The summed E-state index contributed by atoms with van der Waals surface area (Å²) in [7, 11) is 0. The topological polar surface area (TPSA) is 52.3 Å². The molecule has 0 heterocycles. The molecule has 0 saturated carbocycles. The Kier molecular flexibility index (Phi) is 5.72. The van der Waals surface area contributed by atoms with Crippen molar-refractivity contribution in [1.82, 2.24) is 0 Å². The maximum Gasteiger partial charge on any atom is 0.324 e. The fourth-order valence-corrected chi connectivity index (χ4v) is 1.93. The van der Waals surface area contributed by atoms with E-state index in [1.807, 2.05) is 0 Å². The summed E-state index contributed by atoms with van der Waals surface area (Å²) >= 11 is 1.19. The molecule has 0 bridgehead atoms. The second-order valence-corrected chi connectivity index (χ2v) is 4.33. The van der Waals surface area contributed by atoms with E-state index in [0.717, 1.165) is 0 Å². The van der Waals surface area contributed by atoms with Crippen LogP contribution in [0.4, 0.5) is 4.39 Å². The lowest BCUT2D eigenvalue weighted by Crippen LogP contribution is -2.34. The summed E-state index contributed by atoms with van der Waals surface area (Å²) in [6.45, 7) is 3.56. The molecule has 3 nitrogen and oxygen atoms in total. The van der Waals surface area contributed by atoms with Crippen molar-refractivity contribution in [1.29, 1.82) is 0 Å². The Labute approximate surface area is 104 Å². The van der Waals surface area contributed by atoms with Crippen molar-refractivity contribution < 1.29 is 13.9 Å². The molecule has 1 rings (SSSR count). The minimum absolute atomic E-state index is 0.136. The van der Waals surface area contributed by atoms with E-state index in [1.165, 1.54) is 23.9 Å². The minimum atomic E-state index is -0.764. The fraction of sp³-hybridized carbons (Fsp3) is 0.250. The van der Waals surface area contributed by atoms with E-state index in [2.05, 4.69) is 6.58 Å². The molecule has 0 aliphatic heterocycles. The van der Waals surface area contributed by atoms with Gasteiger partial charge in [0.1, 0.15) is 18.5 Å². The molecule has 5 heteroatoms. The van der Waals surface area contributed by atoms with Gasteiger partial charge >= 0.3 is 5.97 Å². The Morgan fingerprint density at radius 3 is 2.94 bits per heavy atom. The fourth-order valence-electron chi connectivity index (χ4n) is 1.06. The van der Waals surface area contributed by atoms with Crippen LogP contribution in [-0.2, 0) is 9.53 Å². The summed E-state index contributed by atoms with van der Waals surface area (Å²) in [5, 5.41) is 0. The third-order valence-electron chi connectivity index (χ3n) is 1.90. The van der Waals surface area contributed by atoms with E-state index < -0.39 is 12.0 Å². The Hall–Kier alpha value is -1.33. The van der Waals surface area contributed by atoms with Crippen LogP contribution in [0.5, 0.6) is 0 Å². The molecule has 1 aromatic carbocycles. The summed E-state index contributed by atoms with van der Waals surface area (Å²) in [5.74, 6) is -0.547. The third-order valence-corrected chi connectivity index (χ3v) is 3.07. The Bertz CT molecular complexity index is 398. The van der Waals surface area contributed by atoms with Crippen molar-refractivity contribution in [3.05, 3.63) is 42.7 Å². The monoisotopic (exact) mass is 255 g/mol. The molecule has 0 aliphatic carbocycles. The Morgan fingerprint density at radius 2 is 2.29 bits per heavy atom. The summed E-state index contributed by atoms with van der Waals surface area (Å²) in [5.41, 5.74) is 5.60. The third kappa shape index (κ3) is 4.58. The predicted molar refractivity (Wildman–Crippen MR) is 66.3 cm³/mol. The average Bonchev–Trinajstić information content (AvgIpc) is 2.34. The van der Waals surface area contributed by atoms with Crippen LogP contribution in [0.25, 0.3) is 0 Å². The summed E-state index contributed by atoms with van der Waals surface area (Å²) in [6, 6.07) is 5.58. The summed E-state index contributed by atoms with van der Waals surface area (Å²) < 4.78 is 18.0. The van der Waals surface area contributed by atoms with Crippen LogP contribution < -0.4 is 5.73 Å². The van der Waals surface area contributed by atoms with Crippen molar-refractivity contribution in [2.45, 2.75) is 10.9 Å². The number of carbonyl (C=O) groups excluding carboxylic acids is 1. The first-order chi connectivity index (χ1) is 8.15. The lowest BCUT2D eigenvalue weighted by molar-refractivity contribution is -0.143. The van der Waals surface area contributed by atoms with E-state index >= 15 is 0 Å². The van der Waals surface area contributed by atoms with Crippen LogP contribution in [-0.4, -0.2) is 24.4 Å². The first kappa shape index (κ1) is 13.7. The number of rotatable bonds is 6. The number of hydrogen-bond acceptors (Lipinski definition) is 4. The van der Waals surface area contributed by atoms with Crippen molar-refractivity contribution in [2.24, 2.45) is 5.73 Å². The largest absolute Gasteiger partial charge is 0.460 e. The van der Waals surface area contributed by atoms with Gasteiger partial charge in [0.2, 0.25) is 0 Å². The van der Waals surface area contributed by atoms with Gasteiger partial charge in [0.05, 0.1) is 0 Å². The molecular weight excluding hydrogens is 241 g/mol. The highest BCUT2D eigenvalue weighted by Gasteiger charge is 2.15. The Balaban J connectivity index is 2.42. The van der Waals surface area contributed by atoms with Gasteiger partial charge in [-0.25, -0.2) is 4.39 Å². The van der Waals surface area contributed by atoms with Crippen LogP contribution in [0.1, 0.15) is 0 Å². The molecule has 17 heavy (non-hydrogen) atoms. The van der Waals surface area contributed by atoms with Crippen molar-refractivity contribution in [2.75, 3.05) is 12.4 Å². The number of halogens is 1. The molecule has 0 aromatic heterocycles. The first-order valence-electron chi connectivity index (χ1n) is 5.05. The van der Waals surface area contributed by atoms with Gasteiger partial charge in [0, 0.05) is 10.6 Å². The molecule has 0 spiro atoms. The molecular formula is C12H14FNO2S. The minimum Gasteiger partial charge on any atom is -0.460 e. The molecule has 0 unspecified atom stereocenters. The zero-order valence-corrected chi connectivity index (χ0v) is 10.1. The lowest BCUT2D eigenvalue weighted by Gasteiger charge is -2.10. The quantitative estimate of drug-likeness (QED) is 0.480. The SMILES string of the molecule is C=CCOC(=O)[C@@H](N)CSc1ccccc1F. The first-order valence-corrected chi connectivity index (χ1v) is 6.04. The van der Waals surface area contributed by atoms with E-state index in [0.29, 0.717) is 4.90 Å². The van der Waals surface area contributed by atoms with Crippen LogP contribution >= 0.6 is 11.8 Å². The van der Waals surface area contributed by atoms with Gasteiger partial charge in [0.25, 0.3) is 0 Å². The molecule has 0 amide bonds. The molecule has 0 aliphatic rings. The van der Waals surface area contributed by atoms with Crippen molar-refractivity contribution in [3.63, 3.8) is 0 Å². The van der Waals surface area contributed by atoms with Gasteiger partial charge in [-0.3, -0.25) is 4.79 Å². The average molecular weight is 255 g/mol. The highest BCUT2D eigenvalue weighted by atomic mass is 32.2. The van der Waals surface area contributed by atoms with Crippen LogP contribution in [0.15, 0.2) is 41.8 Å². The highest BCUT2D eigenvalue weighted by Crippen LogP contribution is 2.21. The zero-order valence-electron chi connectivity index (χ0n) is 9.27. The molecule has 0 saturated heterocycles. The van der Waals surface area contributed by atoms with Gasteiger partial charge in [-0.2, -0.15) is 0 Å². The van der Waals surface area contributed by atoms with E-state index in [4.69, 9.17) is 10.5 Å². The maximum atomic E-state index is 13.3. The van der Waals surface area contributed by atoms with Gasteiger partial charge in [-0.05, 0) is 12.1 Å². The smallest absolute Gasteiger partial charge is 0.324 e. The maximum absolute atomic E-state index is 13.3. The molecule has 92 valence electrons. The van der Waals surface area contributed by atoms with Gasteiger partial charge in [0.15, 0.2) is 0 Å². The number of esters is 1. The Morgan fingerprint density at radius 1 is 1.59 bits per heavy atom. The van der Waals surface area contributed by atoms with Gasteiger partial charge in [-0.1, -0.05) is 24.8 Å². The van der Waals surface area contributed by atoms with E-state index in [-0.39, 0.29) is 18.2 Å². The van der Waals surface area contributed by atoms with Crippen LogP contribution in [0, 0.1) is 5.82 Å². The second-order valence-electron chi connectivity index (χ2n) is 3.27. The van der Waals surface area contributed by atoms with Crippen LogP contribution in [0.2, 0.25) is 0 Å². The van der Waals surface area contributed by atoms with Crippen molar-refractivity contribution in [3.8, 4) is 0 Å². The normalized spacial score (nSPS) is 11.9. The van der Waals surface area contributed by atoms with E-state index in [9.17, 15) is 9.18 Å². The molecule has 0 fully saturated rings. The molecule has 0 radical (unpaired) electrons. The lowest BCUT2D eigenvalue weighted by atomic mass is 10.3. The van der Waals surface area contributed by atoms with Gasteiger partial charge < -0.3 is 10.5 Å². The van der Waals surface area contributed by atoms with Gasteiger partial charge in [-0.15, -0.1) is 11.8 Å². The zero-order chi connectivity index (χ0) is 12.7. The highest BCUT2D eigenvalue weighted by molar-refractivity contribution is 7.99. The molecule has 2 N–H and O–H groups in total. The van der Waals surface area contributed by atoms with Crippen molar-refractivity contribution >= 4 is 17.7 Å². The van der Waals surface area contributed by atoms with Crippen LogP contribution in [0.3, 0.4) is 0 Å². The number of thioether (sulfide) groups is 1. The number of nitrogens with two attached hydrogens (primary N) is 1. The molecule has 1 atom stereocenters. The summed E-state index contributed by atoms with van der Waals surface area (Å²) in [6.07, 6.45) is 1.47. The standard InChI is InChI=1S/C12H14FNO2S/c1-2-7-16-12(15)10(14)8-17-11-6-4-3-5-9(11)13/h2-6,10H,1,7-8,14H2/t10-/m0/s1. The second kappa shape index (κ2) is 7.09.